The van der Waals surface area contributed by atoms with Crippen molar-refractivity contribution in [3.05, 3.63) is 29.8 Å². The Bertz CT molecular complexity index is 476. The van der Waals surface area contributed by atoms with E-state index in [1.165, 1.54) is 5.56 Å². The van der Waals surface area contributed by atoms with E-state index in [1.54, 1.807) is 0 Å². The molecule has 1 aliphatic rings. The molecule has 0 radical (unpaired) electrons. The van der Waals surface area contributed by atoms with Crippen LogP contribution in [0.4, 0.5) is 0 Å². The molecular weight excluding hydrogens is 278 g/mol. The molecule has 4 heteroatoms. The molecule has 1 aromatic rings. The second kappa shape index (κ2) is 7.63. The number of hydrogen-bond acceptors (Lipinski definition) is 3. The van der Waals surface area contributed by atoms with E-state index in [1.807, 2.05) is 26.0 Å². The minimum Gasteiger partial charge on any atom is -0.491 e. The van der Waals surface area contributed by atoms with Gasteiger partial charge in [0, 0.05) is 12.1 Å². The average molecular weight is 305 g/mol. The van der Waals surface area contributed by atoms with Crippen LogP contribution in [0.3, 0.4) is 0 Å². The summed E-state index contributed by atoms with van der Waals surface area (Å²) in [6.07, 6.45) is 3.62. The second-order valence-electron chi connectivity index (χ2n) is 6.51. The molecule has 1 aromatic carbocycles. The average Bonchev–Trinajstić information content (AvgIpc) is 2.48. The van der Waals surface area contributed by atoms with E-state index in [2.05, 4.69) is 24.4 Å². The predicted octanol–water partition coefficient (Wildman–Crippen LogP) is 3.77. The van der Waals surface area contributed by atoms with Crippen LogP contribution in [0.2, 0.25) is 0 Å². The van der Waals surface area contributed by atoms with Crippen LogP contribution in [0.25, 0.3) is 0 Å². The third kappa shape index (κ3) is 4.73. The third-order valence-corrected chi connectivity index (χ3v) is 4.31. The van der Waals surface area contributed by atoms with Crippen LogP contribution in [0.1, 0.15) is 58.1 Å². The zero-order valence-electron chi connectivity index (χ0n) is 13.7. The zero-order chi connectivity index (χ0) is 16.1. The maximum atomic E-state index is 11.0. The number of carboxylic acid groups (broad SMARTS) is 1. The Morgan fingerprint density at radius 1 is 1.14 bits per heavy atom. The monoisotopic (exact) mass is 305 g/mol. The van der Waals surface area contributed by atoms with Crippen LogP contribution in [-0.2, 0) is 4.79 Å². The highest BCUT2D eigenvalue weighted by Gasteiger charge is 2.26. The maximum absolute atomic E-state index is 11.0. The highest BCUT2D eigenvalue weighted by Crippen LogP contribution is 2.27. The SMILES string of the molecule is CC(C)Oc1ccc(C(C)NC2CCC(C(=O)O)CC2)cc1. The predicted molar refractivity (Wildman–Crippen MR) is 87.1 cm³/mol. The lowest BCUT2D eigenvalue weighted by atomic mass is 9.85. The van der Waals surface area contributed by atoms with Gasteiger partial charge in [0.25, 0.3) is 0 Å². The molecule has 1 aliphatic carbocycles. The smallest absolute Gasteiger partial charge is 0.306 e. The molecule has 0 aliphatic heterocycles. The van der Waals surface area contributed by atoms with Crippen molar-refractivity contribution in [3.8, 4) is 5.75 Å². The topological polar surface area (TPSA) is 58.6 Å². The highest BCUT2D eigenvalue weighted by atomic mass is 16.5. The van der Waals surface area contributed by atoms with Crippen LogP contribution >= 0.6 is 0 Å². The minimum atomic E-state index is -0.646. The fourth-order valence-electron chi connectivity index (χ4n) is 3.06. The number of hydrogen-bond donors (Lipinski definition) is 2. The molecule has 122 valence electrons. The number of carboxylic acids is 1. The molecule has 1 atom stereocenters. The van der Waals surface area contributed by atoms with Crippen molar-refractivity contribution in [2.45, 2.75) is 64.6 Å². The number of carbonyl (C=O) groups is 1. The Balaban J connectivity index is 1.84. The summed E-state index contributed by atoms with van der Waals surface area (Å²) in [5, 5.41) is 12.7. The maximum Gasteiger partial charge on any atom is 0.306 e. The van der Waals surface area contributed by atoms with Crippen molar-refractivity contribution in [2.24, 2.45) is 5.92 Å². The molecule has 1 saturated carbocycles. The van der Waals surface area contributed by atoms with Gasteiger partial charge < -0.3 is 15.2 Å². The fourth-order valence-corrected chi connectivity index (χ4v) is 3.06. The van der Waals surface area contributed by atoms with Gasteiger partial charge in [0.1, 0.15) is 5.75 Å². The molecule has 4 nitrogen and oxygen atoms in total. The lowest BCUT2D eigenvalue weighted by Crippen LogP contribution is -2.36. The van der Waals surface area contributed by atoms with Crippen LogP contribution in [0, 0.1) is 5.92 Å². The van der Waals surface area contributed by atoms with E-state index in [0.717, 1.165) is 31.4 Å². The van der Waals surface area contributed by atoms with Gasteiger partial charge in [-0.1, -0.05) is 12.1 Å². The van der Waals surface area contributed by atoms with E-state index < -0.39 is 5.97 Å². The molecule has 1 fully saturated rings. The molecule has 1 unspecified atom stereocenters. The molecule has 0 bridgehead atoms. The fraction of sp³-hybridized carbons (Fsp3) is 0.611. The second-order valence-corrected chi connectivity index (χ2v) is 6.51. The summed E-state index contributed by atoms with van der Waals surface area (Å²) in [5.41, 5.74) is 1.23. The van der Waals surface area contributed by atoms with Crippen molar-refractivity contribution in [3.63, 3.8) is 0 Å². The summed E-state index contributed by atoms with van der Waals surface area (Å²) < 4.78 is 5.66. The molecular formula is C18H27NO3. The Kier molecular flexibility index (Phi) is 5.83. The lowest BCUT2D eigenvalue weighted by molar-refractivity contribution is -0.142. The first-order valence-corrected chi connectivity index (χ1v) is 8.21. The number of aliphatic carboxylic acids is 1. The normalized spacial score (nSPS) is 23.3. The molecule has 0 saturated heterocycles. The van der Waals surface area contributed by atoms with Crippen molar-refractivity contribution in [1.29, 1.82) is 0 Å². The van der Waals surface area contributed by atoms with E-state index in [-0.39, 0.29) is 18.1 Å². The van der Waals surface area contributed by atoms with Crippen molar-refractivity contribution < 1.29 is 14.6 Å². The van der Waals surface area contributed by atoms with E-state index in [9.17, 15) is 4.79 Å². The zero-order valence-corrected chi connectivity index (χ0v) is 13.7. The first kappa shape index (κ1) is 16.8. The largest absolute Gasteiger partial charge is 0.491 e. The summed E-state index contributed by atoms with van der Waals surface area (Å²) in [5.74, 6) is 0.0981. The third-order valence-electron chi connectivity index (χ3n) is 4.31. The molecule has 0 spiro atoms. The van der Waals surface area contributed by atoms with E-state index in [4.69, 9.17) is 9.84 Å². The Hall–Kier alpha value is -1.55. The lowest BCUT2D eigenvalue weighted by Gasteiger charge is -2.29. The van der Waals surface area contributed by atoms with Gasteiger partial charge in [0.2, 0.25) is 0 Å². The van der Waals surface area contributed by atoms with Gasteiger partial charge in [-0.15, -0.1) is 0 Å². The highest BCUT2D eigenvalue weighted by molar-refractivity contribution is 5.70. The summed E-state index contributed by atoms with van der Waals surface area (Å²) in [6, 6.07) is 8.89. The Morgan fingerprint density at radius 3 is 2.23 bits per heavy atom. The standard InChI is InChI=1S/C18H27NO3/c1-12(2)22-17-10-6-14(7-11-17)13(3)19-16-8-4-15(5-9-16)18(20)21/h6-7,10-13,15-16,19H,4-5,8-9H2,1-3H3,(H,20,21). The molecule has 0 heterocycles. The van der Waals surface area contributed by atoms with E-state index in [0.29, 0.717) is 6.04 Å². The number of ether oxygens (including phenoxy) is 1. The van der Waals surface area contributed by atoms with Crippen LogP contribution in [0.5, 0.6) is 5.75 Å². The first-order valence-electron chi connectivity index (χ1n) is 8.21. The molecule has 2 N–H and O–H groups in total. The van der Waals surface area contributed by atoms with E-state index >= 15 is 0 Å². The summed E-state index contributed by atoms with van der Waals surface area (Å²) >= 11 is 0. The van der Waals surface area contributed by atoms with Gasteiger partial charge in [0.05, 0.1) is 12.0 Å². The van der Waals surface area contributed by atoms with Gasteiger partial charge in [-0.3, -0.25) is 4.79 Å². The Morgan fingerprint density at radius 2 is 1.73 bits per heavy atom. The van der Waals surface area contributed by atoms with Crippen molar-refractivity contribution in [2.75, 3.05) is 0 Å². The summed E-state index contributed by atoms with van der Waals surface area (Å²) in [6.45, 7) is 6.19. The van der Waals surface area contributed by atoms with Gasteiger partial charge >= 0.3 is 5.97 Å². The first-order chi connectivity index (χ1) is 10.5. The van der Waals surface area contributed by atoms with Crippen LogP contribution < -0.4 is 10.1 Å². The van der Waals surface area contributed by atoms with Gasteiger partial charge in [-0.05, 0) is 64.2 Å². The molecule has 22 heavy (non-hydrogen) atoms. The number of nitrogens with one attached hydrogen (secondary N) is 1. The van der Waals surface area contributed by atoms with Crippen molar-refractivity contribution >= 4 is 5.97 Å². The number of rotatable bonds is 6. The van der Waals surface area contributed by atoms with Crippen molar-refractivity contribution in [1.82, 2.24) is 5.32 Å². The van der Waals surface area contributed by atoms with Crippen LogP contribution in [0.15, 0.2) is 24.3 Å². The summed E-state index contributed by atoms with van der Waals surface area (Å²) in [7, 11) is 0. The van der Waals surface area contributed by atoms with Gasteiger partial charge in [-0.2, -0.15) is 0 Å². The quantitative estimate of drug-likeness (QED) is 0.840. The molecule has 2 rings (SSSR count). The molecule has 0 amide bonds. The van der Waals surface area contributed by atoms with Crippen LogP contribution in [-0.4, -0.2) is 23.2 Å². The van der Waals surface area contributed by atoms with Gasteiger partial charge in [-0.25, -0.2) is 0 Å². The minimum absolute atomic E-state index is 0.152. The Labute approximate surface area is 132 Å². The summed E-state index contributed by atoms with van der Waals surface area (Å²) in [4.78, 5) is 11.0. The number of benzene rings is 1. The van der Waals surface area contributed by atoms with Gasteiger partial charge in [0.15, 0.2) is 0 Å². The molecule has 0 aromatic heterocycles.